The first-order chi connectivity index (χ1) is 6.72. The lowest BCUT2D eigenvalue weighted by molar-refractivity contribution is -0.128. The third-order valence-electron chi connectivity index (χ3n) is 1.57. The van der Waals surface area contributed by atoms with Crippen LogP contribution in [0, 0.1) is 0 Å². The number of hydrogen-bond donors (Lipinski definition) is 2. The van der Waals surface area contributed by atoms with Gasteiger partial charge in [-0.3, -0.25) is 19.6 Å². The molecule has 0 saturated carbocycles. The van der Waals surface area contributed by atoms with Crippen LogP contribution in [0.4, 0.5) is 0 Å². The molecular formula is C6H4N4O4. The zero-order chi connectivity index (χ0) is 10.1. The normalized spacial score (nSPS) is 10.3. The van der Waals surface area contributed by atoms with Crippen molar-refractivity contribution in [2.75, 3.05) is 0 Å². The number of nitrogens with one attached hydrogen (secondary N) is 2. The fraction of sp³-hybridized carbons (Fsp3) is 0. The van der Waals surface area contributed by atoms with E-state index in [1.54, 1.807) is 0 Å². The molecule has 0 spiro atoms. The molecule has 2 aromatic rings. The van der Waals surface area contributed by atoms with E-state index < -0.39 is 11.2 Å². The number of carbonyl (C=O) groups is 1. The predicted octanol–water partition coefficient (Wildman–Crippen LogP) is -2.00. The van der Waals surface area contributed by atoms with Crippen molar-refractivity contribution in [3.8, 4) is 0 Å². The number of carbonyl (C=O) groups excluding carboxylic acids is 1. The van der Waals surface area contributed by atoms with Gasteiger partial charge in [0.2, 0.25) is 0 Å². The summed E-state index contributed by atoms with van der Waals surface area (Å²) < 4.78 is 0.888. The monoisotopic (exact) mass is 196 g/mol. The van der Waals surface area contributed by atoms with E-state index in [2.05, 4.69) is 14.8 Å². The molecular weight excluding hydrogens is 192 g/mol. The minimum atomic E-state index is -0.696. The average molecular weight is 196 g/mol. The Bertz CT molecular complexity index is 592. The third kappa shape index (κ3) is 1.09. The molecule has 0 aliphatic heterocycles. The van der Waals surface area contributed by atoms with Crippen LogP contribution in [0.25, 0.3) is 11.2 Å². The highest BCUT2D eigenvalue weighted by Gasteiger charge is 2.07. The van der Waals surface area contributed by atoms with Gasteiger partial charge in [0.15, 0.2) is 11.2 Å². The van der Waals surface area contributed by atoms with Crippen LogP contribution < -0.4 is 16.1 Å². The highest BCUT2D eigenvalue weighted by Crippen LogP contribution is 1.98. The van der Waals surface area contributed by atoms with Crippen LogP contribution in [-0.2, 0) is 4.79 Å². The van der Waals surface area contributed by atoms with Gasteiger partial charge >= 0.3 is 12.2 Å². The summed E-state index contributed by atoms with van der Waals surface area (Å²) >= 11 is 0. The first kappa shape index (κ1) is 8.23. The minimum Gasteiger partial charge on any atom is -0.337 e. The van der Waals surface area contributed by atoms with Gasteiger partial charge in [0.25, 0.3) is 5.56 Å². The van der Waals surface area contributed by atoms with Crippen molar-refractivity contribution in [3.05, 3.63) is 27.2 Å². The maximum atomic E-state index is 11.1. The summed E-state index contributed by atoms with van der Waals surface area (Å²) in [6, 6.07) is 0. The molecule has 8 nitrogen and oxygen atoms in total. The molecule has 0 radical (unpaired) electrons. The fourth-order valence-corrected chi connectivity index (χ4v) is 1.04. The molecule has 0 bridgehead atoms. The number of H-pyrrole nitrogens is 2. The second kappa shape index (κ2) is 2.83. The molecule has 0 aromatic carbocycles. The quantitative estimate of drug-likeness (QED) is 0.539. The van der Waals surface area contributed by atoms with Crippen LogP contribution in [-0.4, -0.2) is 26.2 Å². The van der Waals surface area contributed by atoms with E-state index in [9.17, 15) is 14.4 Å². The maximum Gasteiger partial charge on any atom is 0.327 e. The highest BCUT2D eigenvalue weighted by atomic mass is 16.7. The summed E-state index contributed by atoms with van der Waals surface area (Å²) in [5.41, 5.74) is -1.31. The molecule has 0 unspecified atom stereocenters. The van der Waals surface area contributed by atoms with Gasteiger partial charge < -0.3 is 4.84 Å². The van der Waals surface area contributed by atoms with Crippen LogP contribution in [0.2, 0.25) is 0 Å². The molecule has 14 heavy (non-hydrogen) atoms. The van der Waals surface area contributed by atoms with Crippen LogP contribution in [0.5, 0.6) is 0 Å². The van der Waals surface area contributed by atoms with Gasteiger partial charge in [0, 0.05) is 0 Å². The van der Waals surface area contributed by atoms with E-state index in [4.69, 9.17) is 0 Å². The zero-order valence-electron chi connectivity index (χ0n) is 6.68. The molecule has 2 heterocycles. The van der Waals surface area contributed by atoms with Crippen LogP contribution in [0.1, 0.15) is 0 Å². The standard InChI is InChI=1S/C6H4N4O4/c11-2-14-10-1-7-3-4(10)8-6(13)9-5(3)12/h1-2H,(H2,8,9,12,13). The Morgan fingerprint density at radius 1 is 1.43 bits per heavy atom. The zero-order valence-corrected chi connectivity index (χ0v) is 6.68. The summed E-state index contributed by atoms with van der Waals surface area (Å²) in [4.78, 5) is 44.3. The summed E-state index contributed by atoms with van der Waals surface area (Å²) in [6.07, 6.45) is 1.10. The largest absolute Gasteiger partial charge is 0.337 e. The number of aromatic amines is 2. The maximum absolute atomic E-state index is 11.1. The molecule has 2 rings (SSSR count). The van der Waals surface area contributed by atoms with Gasteiger partial charge in [0.1, 0.15) is 6.33 Å². The Hall–Kier alpha value is -2.38. The first-order valence-electron chi connectivity index (χ1n) is 3.53. The lowest BCUT2D eigenvalue weighted by atomic mass is 10.5. The molecule has 0 atom stereocenters. The number of imidazole rings is 1. The molecule has 0 aliphatic rings. The van der Waals surface area contributed by atoms with Gasteiger partial charge in [-0.15, -0.1) is 4.73 Å². The van der Waals surface area contributed by atoms with Crippen molar-refractivity contribution >= 4 is 17.6 Å². The van der Waals surface area contributed by atoms with E-state index >= 15 is 0 Å². The van der Waals surface area contributed by atoms with E-state index in [0.29, 0.717) is 0 Å². The van der Waals surface area contributed by atoms with E-state index in [1.165, 1.54) is 0 Å². The van der Waals surface area contributed by atoms with E-state index in [-0.39, 0.29) is 17.6 Å². The first-order valence-corrected chi connectivity index (χ1v) is 3.53. The van der Waals surface area contributed by atoms with Crippen LogP contribution in [0.15, 0.2) is 15.9 Å². The molecule has 72 valence electrons. The summed E-state index contributed by atoms with van der Waals surface area (Å²) in [5, 5.41) is 0. The third-order valence-corrected chi connectivity index (χ3v) is 1.57. The lowest BCUT2D eigenvalue weighted by Crippen LogP contribution is -2.23. The van der Waals surface area contributed by atoms with Gasteiger partial charge in [-0.05, 0) is 0 Å². The second-order valence-corrected chi connectivity index (χ2v) is 2.38. The summed E-state index contributed by atoms with van der Waals surface area (Å²) in [5.74, 6) is 0. The summed E-state index contributed by atoms with van der Waals surface area (Å²) in [6.45, 7) is 0.153. The van der Waals surface area contributed by atoms with Crippen LogP contribution >= 0.6 is 0 Å². The molecule has 0 amide bonds. The van der Waals surface area contributed by atoms with E-state index in [1.807, 2.05) is 4.98 Å². The SMILES string of the molecule is O=COn1cnc2c(=O)[nH]c(=O)[nH]c21. The predicted molar refractivity (Wildman–Crippen MR) is 43.6 cm³/mol. The Morgan fingerprint density at radius 2 is 2.21 bits per heavy atom. The number of aromatic nitrogens is 4. The minimum absolute atomic E-state index is 0.00792. The number of rotatable bonds is 2. The number of fused-ring (bicyclic) bond motifs is 1. The van der Waals surface area contributed by atoms with Gasteiger partial charge in [0.05, 0.1) is 0 Å². The Kier molecular flexibility index (Phi) is 1.67. The molecule has 8 heteroatoms. The van der Waals surface area contributed by atoms with Crippen molar-refractivity contribution in [1.82, 2.24) is 19.7 Å². The Morgan fingerprint density at radius 3 is 2.93 bits per heavy atom. The van der Waals surface area contributed by atoms with Gasteiger partial charge in [-0.2, -0.15) is 0 Å². The number of hydrogen-bond acceptors (Lipinski definition) is 5. The van der Waals surface area contributed by atoms with Crippen LogP contribution in [0.3, 0.4) is 0 Å². The second-order valence-electron chi connectivity index (χ2n) is 2.38. The van der Waals surface area contributed by atoms with Crippen molar-refractivity contribution in [2.45, 2.75) is 0 Å². The van der Waals surface area contributed by atoms with Gasteiger partial charge in [-0.25, -0.2) is 9.78 Å². The van der Waals surface area contributed by atoms with Crippen molar-refractivity contribution in [1.29, 1.82) is 0 Å². The van der Waals surface area contributed by atoms with Crippen molar-refractivity contribution in [2.24, 2.45) is 0 Å². The fourth-order valence-electron chi connectivity index (χ4n) is 1.04. The lowest BCUT2D eigenvalue weighted by Gasteiger charge is -1.96. The van der Waals surface area contributed by atoms with Gasteiger partial charge in [-0.1, -0.05) is 0 Å². The summed E-state index contributed by atoms with van der Waals surface area (Å²) in [7, 11) is 0. The molecule has 0 fully saturated rings. The number of nitrogens with zero attached hydrogens (tertiary/aromatic N) is 2. The highest BCUT2D eigenvalue weighted by molar-refractivity contribution is 5.68. The smallest absolute Gasteiger partial charge is 0.327 e. The Balaban J connectivity index is 2.85. The molecule has 0 saturated heterocycles. The topological polar surface area (TPSA) is 110 Å². The molecule has 2 N–H and O–H groups in total. The Labute approximate surface area is 75.1 Å². The van der Waals surface area contributed by atoms with Crippen molar-refractivity contribution in [3.63, 3.8) is 0 Å². The average Bonchev–Trinajstić information content (AvgIpc) is 2.49. The van der Waals surface area contributed by atoms with E-state index in [0.717, 1.165) is 11.1 Å². The molecule has 2 aromatic heterocycles. The van der Waals surface area contributed by atoms with Crippen molar-refractivity contribution < 1.29 is 9.63 Å². The molecule has 0 aliphatic carbocycles.